The quantitative estimate of drug-likeness (QED) is 0.134. The zero-order chi connectivity index (χ0) is 23.0. The fourth-order valence-corrected chi connectivity index (χ4v) is 14.9. The molecule has 0 atom stereocenters. The lowest BCUT2D eigenvalue weighted by molar-refractivity contribution is 0.305. The highest BCUT2D eigenvalue weighted by atomic mass is 32.2. The van der Waals surface area contributed by atoms with E-state index in [1.165, 1.54) is 19.3 Å². The molecule has 7 nitrogen and oxygen atoms in total. The summed E-state index contributed by atoms with van der Waals surface area (Å²) in [7, 11) is -14.3. The third-order valence-electron chi connectivity index (χ3n) is 3.10. The molecular formula is C17H44NO6PSSi3. The molecule has 12 heteroatoms. The van der Waals surface area contributed by atoms with Crippen LogP contribution in [0.5, 0.6) is 0 Å². The maximum absolute atomic E-state index is 12.7. The summed E-state index contributed by atoms with van der Waals surface area (Å²) in [6, 6.07) is 0. The molecule has 0 fully saturated rings. The normalized spacial score (nSPS) is 14.3. The van der Waals surface area contributed by atoms with Gasteiger partial charge in [-0.05, 0) is 65.3 Å². The standard InChI is InChI=1S/C17H44NO6PSSi3/c1-11-12-13-14-15-16-17-21-26(19,20)18-25(22-27(2,3)4,23-28(5,6)7)24-29(8,9)10/h11-17H2,1-10H3. The van der Waals surface area contributed by atoms with Crippen molar-refractivity contribution >= 4 is 43.0 Å². The molecule has 29 heavy (non-hydrogen) atoms. The van der Waals surface area contributed by atoms with Gasteiger partial charge in [0.1, 0.15) is 0 Å². The molecule has 0 aliphatic rings. The summed E-state index contributed by atoms with van der Waals surface area (Å²) in [6.45, 7) is 20.1. The van der Waals surface area contributed by atoms with Crippen LogP contribution in [-0.2, 0) is 27.1 Å². The van der Waals surface area contributed by atoms with Crippen molar-refractivity contribution in [3.8, 4) is 0 Å². The second-order valence-corrected chi connectivity index (χ2v) is 27.7. The lowest BCUT2D eigenvalue weighted by atomic mass is 10.1. The number of hydrogen-bond donors (Lipinski definition) is 0. The molecule has 0 amide bonds. The highest BCUT2D eigenvalue weighted by Crippen LogP contribution is 2.59. The van der Waals surface area contributed by atoms with Crippen LogP contribution in [0.3, 0.4) is 0 Å². The Morgan fingerprint density at radius 3 is 1.45 bits per heavy atom. The minimum Gasteiger partial charge on any atom is -0.346 e. The van der Waals surface area contributed by atoms with Gasteiger partial charge in [0, 0.05) is 0 Å². The summed E-state index contributed by atoms with van der Waals surface area (Å²) in [5.74, 6) is 0. The van der Waals surface area contributed by atoms with Crippen molar-refractivity contribution in [2.75, 3.05) is 6.61 Å². The number of nitrogens with zero attached hydrogens (tertiary/aromatic N) is 1. The maximum Gasteiger partial charge on any atom is 0.385 e. The van der Waals surface area contributed by atoms with E-state index in [-0.39, 0.29) is 6.61 Å². The van der Waals surface area contributed by atoms with Crippen LogP contribution in [0.1, 0.15) is 45.4 Å². The monoisotopic (exact) mass is 505 g/mol. The zero-order valence-electron chi connectivity index (χ0n) is 20.2. The Morgan fingerprint density at radius 2 is 1.07 bits per heavy atom. The molecule has 176 valence electrons. The van der Waals surface area contributed by atoms with Gasteiger partial charge in [0.25, 0.3) is 0 Å². The van der Waals surface area contributed by atoms with Crippen molar-refractivity contribution in [2.45, 2.75) is 104 Å². The van der Waals surface area contributed by atoms with Gasteiger partial charge >= 0.3 is 18.0 Å². The SMILES string of the molecule is CCCCCCCCOS(=O)(=O)N=P(O[Si](C)(C)C)(O[Si](C)(C)C)O[Si](C)(C)C. The van der Waals surface area contributed by atoms with Crippen LogP contribution >= 0.6 is 7.74 Å². The average molecular weight is 506 g/mol. The van der Waals surface area contributed by atoms with Crippen LogP contribution in [0.2, 0.25) is 58.9 Å². The van der Waals surface area contributed by atoms with E-state index in [1.807, 2.05) is 58.9 Å². The second-order valence-electron chi connectivity index (χ2n) is 10.2. The first-order valence-corrected chi connectivity index (χ1v) is 23.6. The predicted octanol–water partition coefficient (Wildman–Crippen LogP) is 7.11. The first-order valence-electron chi connectivity index (χ1n) is 10.5. The van der Waals surface area contributed by atoms with Gasteiger partial charge < -0.3 is 12.6 Å². The van der Waals surface area contributed by atoms with E-state index in [4.69, 9.17) is 16.8 Å². The molecule has 0 N–H and O–H groups in total. The molecular weight excluding hydrogens is 461 g/mol. The molecule has 0 aromatic rings. The van der Waals surface area contributed by atoms with Crippen LogP contribution in [0, 0.1) is 0 Å². The second kappa shape index (κ2) is 12.1. The molecule has 0 aliphatic heterocycles. The third-order valence-corrected chi connectivity index (χ3v) is 14.5. The Bertz CT molecular complexity index is 591. The molecule has 0 radical (unpaired) electrons. The Kier molecular flexibility index (Phi) is 12.3. The largest absolute Gasteiger partial charge is 0.385 e. The molecule has 0 saturated heterocycles. The van der Waals surface area contributed by atoms with Crippen LogP contribution < -0.4 is 0 Å². The van der Waals surface area contributed by atoms with E-state index in [1.54, 1.807) is 0 Å². The number of rotatable bonds is 15. The highest BCUT2D eigenvalue weighted by Gasteiger charge is 2.41. The van der Waals surface area contributed by atoms with E-state index in [0.717, 1.165) is 12.8 Å². The summed E-state index contributed by atoms with van der Waals surface area (Å²) in [6.07, 6.45) is 6.26. The number of unbranched alkanes of at least 4 members (excludes halogenated alkanes) is 5. The van der Waals surface area contributed by atoms with Crippen LogP contribution in [0.15, 0.2) is 4.15 Å². The van der Waals surface area contributed by atoms with Crippen LogP contribution in [0.25, 0.3) is 0 Å². The van der Waals surface area contributed by atoms with Gasteiger partial charge in [-0.2, -0.15) is 8.42 Å². The minimum atomic E-state index is -4.19. The zero-order valence-corrected chi connectivity index (χ0v) is 24.9. The molecule has 0 unspecified atom stereocenters. The van der Waals surface area contributed by atoms with Gasteiger partial charge in [-0.1, -0.05) is 43.2 Å². The molecule has 0 aromatic heterocycles. The molecule has 0 bridgehead atoms. The minimum absolute atomic E-state index is 0.116. The summed E-state index contributed by atoms with van der Waals surface area (Å²) in [5, 5.41) is 0. The van der Waals surface area contributed by atoms with Crippen molar-refractivity contribution in [2.24, 2.45) is 4.15 Å². The first kappa shape index (κ1) is 29.7. The van der Waals surface area contributed by atoms with Gasteiger partial charge in [-0.15, -0.1) is 0 Å². The highest BCUT2D eigenvalue weighted by molar-refractivity contribution is 7.89. The lowest BCUT2D eigenvalue weighted by Crippen LogP contribution is -2.35. The number of hydrogen-bond acceptors (Lipinski definition) is 6. The van der Waals surface area contributed by atoms with Gasteiger partial charge in [0.2, 0.25) is 0 Å². The molecule has 0 aliphatic carbocycles. The van der Waals surface area contributed by atoms with Crippen LogP contribution in [0.4, 0.5) is 0 Å². The van der Waals surface area contributed by atoms with Crippen molar-refractivity contribution in [1.82, 2.24) is 0 Å². The molecule has 0 rings (SSSR count). The summed E-state index contributed by atoms with van der Waals surface area (Å²) < 4.78 is 53.3. The van der Waals surface area contributed by atoms with Crippen LogP contribution in [-0.4, -0.2) is 40.0 Å². The third kappa shape index (κ3) is 17.0. The Hall–Kier alpha value is 0.671. The maximum atomic E-state index is 12.7. The van der Waals surface area contributed by atoms with E-state index in [9.17, 15) is 8.42 Å². The molecule has 0 aromatic carbocycles. The molecule has 0 heterocycles. The van der Waals surface area contributed by atoms with Crippen molar-refractivity contribution in [3.05, 3.63) is 0 Å². The lowest BCUT2D eigenvalue weighted by Gasteiger charge is -2.37. The smallest absolute Gasteiger partial charge is 0.346 e. The first-order chi connectivity index (χ1) is 12.9. The van der Waals surface area contributed by atoms with Crippen molar-refractivity contribution < 1.29 is 25.2 Å². The van der Waals surface area contributed by atoms with E-state index >= 15 is 0 Å². The Morgan fingerprint density at radius 1 is 0.690 bits per heavy atom. The summed E-state index contributed by atoms with van der Waals surface area (Å²) in [5.41, 5.74) is 0. The van der Waals surface area contributed by atoms with Crippen molar-refractivity contribution in [3.63, 3.8) is 0 Å². The summed E-state index contributed by atoms with van der Waals surface area (Å²) >= 11 is 0. The average Bonchev–Trinajstić information content (AvgIpc) is 2.39. The molecule has 0 spiro atoms. The Labute approximate surface area is 183 Å². The van der Waals surface area contributed by atoms with Gasteiger partial charge in [0.05, 0.1) is 6.61 Å². The van der Waals surface area contributed by atoms with E-state index < -0.39 is 43.0 Å². The Balaban J connectivity index is 5.62. The molecule has 0 saturated carbocycles. The summed E-state index contributed by atoms with van der Waals surface area (Å²) in [4.78, 5) is 0. The predicted molar refractivity (Wildman–Crippen MR) is 131 cm³/mol. The van der Waals surface area contributed by atoms with Gasteiger partial charge in [-0.3, -0.25) is 4.18 Å². The van der Waals surface area contributed by atoms with Crippen molar-refractivity contribution in [1.29, 1.82) is 0 Å². The van der Waals surface area contributed by atoms with E-state index in [2.05, 4.69) is 11.1 Å². The van der Waals surface area contributed by atoms with Gasteiger partial charge in [-0.25, -0.2) is 0 Å². The topological polar surface area (TPSA) is 83.4 Å². The fraction of sp³-hybridized carbons (Fsp3) is 1.00. The van der Waals surface area contributed by atoms with E-state index in [0.29, 0.717) is 6.42 Å². The fourth-order valence-electron chi connectivity index (χ4n) is 2.34. The van der Waals surface area contributed by atoms with Gasteiger partial charge in [0.15, 0.2) is 25.0 Å².